The lowest BCUT2D eigenvalue weighted by atomic mass is 9.95. The second-order valence-corrected chi connectivity index (χ2v) is 4.91. The minimum atomic E-state index is -4.46. The second kappa shape index (κ2) is 5.60. The molecule has 0 saturated heterocycles. The fourth-order valence-corrected chi connectivity index (χ4v) is 1.45. The number of hydrogen-bond donors (Lipinski definition) is 1. The Morgan fingerprint density at radius 3 is 2.35 bits per heavy atom. The average molecular weight is 291 g/mol. The van der Waals surface area contributed by atoms with Crippen LogP contribution in [-0.2, 0) is 15.7 Å². The molecule has 0 aliphatic heterocycles. The van der Waals surface area contributed by atoms with Crippen molar-refractivity contribution in [2.75, 3.05) is 19.5 Å². The smallest absolute Gasteiger partial charge is 0.416 e. The third-order valence-electron chi connectivity index (χ3n) is 2.66. The third-order valence-corrected chi connectivity index (χ3v) is 2.66. The zero-order valence-electron chi connectivity index (χ0n) is 11.4. The molecule has 0 aliphatic carbocycles. The molecule has 0 bridgehead atoms. The van der Waals surface area contributed by atoms with E-state index in [1.54, 1.807) is 13.8 Å². The molecule has 112 valence electrons. The normalized spacial score (nSPS) is 12.1. The van der Waals surface area contributed by atoms with E-state index in [0.29, 0.717) is 0 Å². The molecule has 1 rings (SSSR count). The molecule has 0 fully saturated rings. The number of alkyl halides is 3. The van der Waals surface area contributed by atoms with Gasteiger partial charge >= 0.3 is 12.1 Å². The molecule has 0 aromatic heterocycles. The van der Waals surface area contributed by atoms with Crippen LogP contribution in [0.15, 0.2) is 18.2 Å². The molecule has 0 heterocycles. The minimum Gasteiger partial charge on any atom is -0.490 e. The Labute approximate surface area is 114 Å². The molecule has 1 aromatic rings. The molecule has 0 spiro atoms. The number of methoxy groups -OCH3 is 1. The lowest BCUT2D eigenvalue weighted by molar-refractivity contribution is -0.152. The van der Waals surface area contributed by atoms with Crippen molar-refractivity contribution in [2.45, 2.75) is 20.0 Å². The van der Waals surface area contributed by atoms with Crippen LogP contribution in [0.4, 0.5) is 18.9 Å². The van der Waals surface area contributed by atoms with Gasteiger partial charge in [0.1, 0.15) is 12.4 Å². The molecule has 0 amide bonds. The predicted molar refractivity (Wildman–Crippen MR) is 67.1 cm³/mol. The standard InChI is InChI=1S/C13H16F3NO3/c1-12(2,11(18)19-3)7-20-10-5-4-8(6-9(10)17)13(14,15)16/h4-6H,7,17H2,1-3H3. The first-order chi connectivity index (χ1) is 9.08. The number of nitrogens with two attached hydrogens (primary N) is 1. The number of nitrogen functional groups attached to an aromatic ring is 1. The average Bonchev–Trinajstić information content (AvgIpc) is 2.35. The zero-order valence-corrected chi connectivity index (χ0v) is 11.4. The second-order valence-electron chi connectivity index (χ2n) is 4.91. The maximum absolute atomic E-state index is 12.5. The van der Waals surface area contributed by atoms with Gasteiger partial charge in [-0.15, -0.1) is 0 Å². The lowest BCUT2D eigenvalue weighted by Gasteiger charge is -2.22. The number of anilines is 1. The molecular formula is C13H16F3NO3. The SMILES string of the molecule is COC(=O)C(C)(C)COc1ccc(C(F)(F)F)cc1N. The summed E-state index contributed by atoms with van der Waals surface area (Å²) in [6.45, 7) is 3.13. The van der Waals surface area contributed by atoms with Crippen molar-refractivity contribution in [3.05, 3.63) is 23.8 Å². The first-order valence-electron chi connectivity index (χ1n) is 5.76. The van der Waals surface area contributed by atoms with Crippen molar-refractivity contribution in [2.24, 2.45) is 5.41 Å². The van der Waals surface area contributed by atoms with E-state index in [-0.39, 0.29) is 18.0 Å². The van der Waals surface area contributed by atoms with Gasteiger partial charge in [-0.2, -0.15) is 13.2 Å². The summed E-state index contributed by atoms with van der Waals surface area (Å²) in [7, 11) is 1.25. The van der Waals surface area contributed by atoms with Gasteiger partial charge in [0, 0.05) is 0 Å². The van der Waals surface area contributed by atoms with E-state index in [1.807, 2.05) is 0 Å². The molecule has 0 unspecified atom stereocenters. The highest BCUT2D eigenvalue weighted by Crippen LogP contribution is 2.34. The van der Waals surface area contributed by atoms with Gasteiger partial charge in [0.15, 0.2) is 0 Å². The molecular weight excluding hydrogens is 275 g/mol. The largest absolute Gasteiger partial charge is 0.490 e. The highest BCUT2D eigenvalue weighted by atomic mass is 19.4. The third kappa shape index (κ3) is 3.79. The van der Waals surface area contributed by atoms with Gasteiger partial charge in [-0.1, -0.05) is 0 Å². The number of rotatable bonds is 4. The number of esters is 1. The minimum absolute atomic E-state index is 0.0603. The highest BCUT2D eigenvalue weighted by Gasteiger charge is 2.32. The summed E-state index contributed by atoms with van der Waals surface area (Å²) >= 11 is 0. The first kappa shape index (κ1) is 16.1. The van der Waals surface area contributed by atoms with Gasteiger partial charge < -0.3 is 15.2 Å². The van der Waals surface area contributed by atoms with Crippen molar-refractivity contribution >= 4 is 11.7 Å². The first-order valence-corrected chi connectivity index (χ1v) is 5.76. The van der Waals surface area contributed by atoms with Crippen molar-refractivity contribution in [3.8, 4) is 5.75 Å². The van der Waals surface area contributed by atoms with E-state index >= 15 is 0 Å². The lowest BCUT2D eigenvalue weighted by Crippen LogP contribution is -2.32. The number of carbonyl (C=O) groups excluding carboxylic acids is 1. The van der Waals surface area contributed by atoms with Gasteiger partial charge in [-0.05, 0) is 32.0 Å². The van der Waals surface area contributed by atoms with Crippen molar-refractivity contribution in [3.63, 3.8) is 0 Å². The van der Waals surface area contributed by atoms with E-state index in [2.05, 4.69) is 4.74 Å². The number of benzene rings is 1. The molecule has 7 heteroatoms. The molecule has 0 aliphatic rings. The van der Waals surface area contributed by atoms with Crippen molar-refractivity contribution < 1.29 is 27.4 Å². The van der Waals surface area contributed by atoms with E-state index in [9.17, 15) is 18.0 Å². The summed E-state index contributed by atoms with van der Waals surface area (Å²) < 4.78 is 47.3. The van der Waals surface area contributed by atoms with Gasteiger partial charge in [-0.3, -0.25) is 4.79 Å². The van der Waals surface area contributed by atoms with Gasteiger partial charge in [0.25, 0.3) is 0 Å². The van der Waals surface area contributed by atoms with Gasteiger partial charge in [-0.25, -0.2) is 0 Å². The van der Waals surface area contributed by atoms with Crippen LogP contribution in [-0.4, -0.2) is 19.7 Å². The van der Waals surface area contributed by atoms with Crippen LogP contribution in [0.2, 0.25) is 0 Å². The van der Waals surface area contributed by atoms with E-state index in [4.69, 9.17) is 10.5 Å². The van der Waals surface area contributed by atoms with Crippen LogP contribution in [0.5, 0.6) is 5.75 Å². The topological polar surface area (TPSA) is 61.5 Å². The molecule has 0 radical (unpaired) electrons. The zero-order chi connectivity index (χ0) is 15.6. The number of ether oxygens (including phenoxy) is 2. The van der Waals surface area contributed by atoms with Crippen molar-refractivity contribution in [1.29, 1.82) is 0 Å². The Balaban J connectivity index is 2.83. The molecule has 20 heavy (non-hydrogen) atoms. The maximum atomic E-state index is 12.5. The summed E-state index contributed by atoms with van der Waals surface area (Å²) in [5, 5.41) is 0. The number of hydrogen-bond acceptors (Lipinski definition) is 4. The fourth-order valence-electron chi connectivity index (χ4n) is 1.45. The summed E-state index contributed by atoms with van der Waals surface area (Å²) in [5.41, 5.74) is 3.60. The van der Waals surface area contributed by atoms with Crippen LogP contribution in [0.1, 0.15) is 19.4 Å². The predicted octanol–water partition coefficient (Wildman–Crippen LogP) is 2.87. The molecule has 0 saturated carbocycles. The summed E-state index contributed by atoms with van der Waals surface area (Å²) in [6, 6.07) is 2.79. The van der Waals surface area contributed by atoms with Crippen molar-refractivity contribution in [1.82, 2.24) is 0 Å². The number of halogens is 3. The van der Waals surface area contributed by atoms with Crippen LogP contribution in [0.3, 0.4) is 0 Å². The monoisotopic (exact) mass is 291 g/mol. The quantitative estimate of drug-likeness (QED) is 0.684. The molecule has 4 nitrogen and oxygen atoms in total. The maximum Gasteiger partial charge on any atom is 0.416 e. The summed E-state index contributed by atoms with van der Waals surface area (Å²) in [4.78, 5) is 11.4. The van der Waals surface area contributed by atoms with E-state index in [1.165, 1.54) is 7.11 Å². The summed E-state index contributed by atoms with van der Waals surface area (Å²) in [5.74, 6) is -0.391. The summed E-state index contributed by atoms with van der Waals surface area (Å²) in [6.07, 6.45) is -4.46. The highest BCUT2D eigenvalue weighted by molar-refractivity contribution is 5.76. The molecule has 2 N–H and O–H groups in total. The Morgan fingerprint density at radius 2 is 1.90 bits per heavy atom. The Hall–Kier alpha value is -1.92. The molecule has 1 aromatic carbocycles. The van der Waals surface area contributed by atoms with E-state index in [0.717, 1.165) is 18.2 Å². The van der Waals surface area contributed by atoms with Gasteiger partial charge in [0.05, 0.1) is 23.8 Å². The fraction of sp³-hybridized carbons (Fsp3) is 0.462. The van der Waals surface area contributed by atoms with Crippen LogP contribution < -0.4 is 10.5 Å². The Kier molecular flexibility index (Phi) is 4.52. The number of carbonyl (C=O) groups is 1. The Bertz CT molecular complexity index is 498. The van der Waals surface area contributed by atoms with E-state index < -0.39 is 23.1 Å². The van der Waals surface area contributed by atoms with Crippen LogP contribution in [0, 0.1) is 5.41 Å². The Morgan fingerprint density at radius 1 is 1.30 bits per heavy atom. The van der Waals surface area contributed by atoms with Crippen LogP contribution in [0.25, 0.3) is 0 Å². The molecule has 0 atom stereocenters. The van der Waals surface area contributed by atoms with Crippen LogP contribution >= 0.6 is 0 Å². The van der Waals surface area contributed by atoms with Gasteiger partial charge in [0.2, 0.25) is 0 Å².